The number of rotatable bonds is 3. The lowest BCUT2D eigenvalue weighted by molar-refractivity contribution is 0.393. The van der Waals surface area contributed by atoms with Gasteiger partial charge in [-0.1, -0.05) is 11.8 Å². The first-order valence-corrected chi connectivity index (χ1v) is 4.72. The van der Waals surface area contributed by atoms with Crippen molar-refractivity contribution < 1.29 is 9.47 Å². The van der Waals surface area contributed by atoms with Gasteiger partial charge in [-0.25, -0.2) is 0 Å². The van der Waals surface area contributed by atoms with Gasteiger partial charge in [0.25, 0.3) is 0 Å². The lowest BCUT2D eigenvalue weighted by Gasteiger charge is -2.05. The Kier molecular flexibility index (Phi) is 4.52. The Labute approximate surface area is 90.2 Å². The summed E-state index contributed by atoms with van der Waals surface area (Å²) in [5.41, 5.74) is 6.21. The molecule has 0 saturated carbocycles. The minimum atomic E-state index is 0.575. The quantitative estimate of drug-likeness (QED) is 0.759. The van der Waals surface area contributed by atoms with Crippen molar-refractivity contribution in [2.24, 2.45) is 5.73 Å². The molecule has 0 aliphatic heterocycles. The van der Waals surface area contributed by atoms with E-state index in [1.54, 1.807) is 14.2 Å². The van der Waals surface area contributed by atoms with Crippen LogP contribution in [0.3, 0.4) is 0 Å². The third-order valence-corrected chi connectivity index (χ3v) is 1.90. The van der Waals surface area contributed by atoms with Crippen molar-refractivity contribution in [2.75, 3.05) is 20.8 Å². The van der Waals surface area contributed by atoms with Gasteiger partial charge in [-0.15, -0.1) is 0 Å². The second-order valence-electron chi connectivity index (χ2n) is 2.91. The Morgan fingerprint density at radius 1 is 1.27 bits per heavy atom. The van der Waals surface area contributed by atoms with E-state index in [4.69, 9.17) is 15.2 Å². The first kappa shape index (κ1) is 11.4. The van der Waals surface area contributed by atoms with Gasteiger partial charge in [-0.2, -0.15) is 0 Å². The molecule has 1 rings (SSSR count). The molecule has 80 valence electrons. The number of nitrogens with two attached hydrogens (primary N) is 1. The van der Waals surface area contributed by atoms with Crippen LogP contribution in [0.1, 0.15) is 12.0 Å². The molecule has 1 aromatic carbocycles. The standard InChI is InChI=1S/C12H15NO2/c1-14-11-7-6-10(5-3-4-8-13)12(9-11)15-2/h6-7,9H,4,8,13H2,1-2H3. The molecule has 0 fully saturated rings. The highest BCUT2D eigenvalue weighted by Gasteiger charge is 2.01. The largest absolute Gasteiger partial charge is 0.497 e. The molecule has 0 radical (unpaired) electrons. The van der Waals surface area contributed by atoms with E-state index in [-0.39, 0.29) is 0 Å². The fourth-order valence-corrected chi connectivity index (χ4v) is 1.13. The molecule has 0 aromatic heterocycles. The van der Waals surface area contributed by atoms with E-state index in [9.17, 15) is 0 Å². The van der Waals surface area contributed by atoms with Gasteiger partial charge >= 0.3 is 0 Å². The maximum absolute atomic E-state index is 5.36. The highest BCUT2D eigenvalue weighted by Crippen LogP contribution is 2.23. The smallest absolute Gasteiger partial charge is 0.138 e. The first-order valence-electron chi connectivity index (χ1n) is 4.72. The van der Waals surface area contributed by atoms with Crippen molar-refractivity contribution in [3.8, 4) is 23.3 Å². The summed E-state index contributed by atoms with van der Waals surface area (Å²) in [5, 5.41) is 0. The van der Waals surface area contributed by atoms with Crippen LogP contribution in [0.4, 0.5) is 0 Å². The van der Waals surface area contributed by atoms with Gasteiger partial charge in [0.05, 0.1) is 19.8 Å². The van der Waals surface area contributed by atoms with E-state index in [0.717, 1.165) is 17.1 Å². The monoisotopic (exact) mass is 205 g/mol. The Hall–Kier alpha value is -1.66. The molecule has 15 heavy (non-hydrogen) atoms. The Morgan fingerprint density at radius 2 is 2.07 bits per heavy atom. The third kappa shape index (κ3) is 3.19. The van der Waals surface area contributed by atoms with Crippen LogP contribution in [-0.2, 0) is 0 Å². The summed E-state index contributed by atoms with van der Waals surface area (Å²) in [6.45, 7) is 0.575. The maximum Gasteiger partial charge on any atom is 0.138 e. The predicted octanol–water partition coefficient (Wildman–Crippen LogP) is 1.40. The summed E-state index contributed by atoms with van der Waals surface area (Å²) >= 11 is 0. The van der Waals surface area contributed by atoms with Crippen molar-refractivity contribution in [3.05, 3.63) is 23.8 Å². The molecule has 0 unspecified atom stereocenters. The second-order valence-corrected chi connectivity index (χ2v) is 2.91. The lowest BCUT2D eigenvalue weighted by atomic mass is 10.2. The van der Waals surface area contributed by atoms with E-state index in [1.165, 1.54) is 0 Å². The van der Waals surface area contributed by atoms with E-state index in [0.29, 0.717) is 13.0 Å². The summed E-state index contributed by atoms with van der Waals surface area (Å²) in [4.78, 5) is 0. The van der Waals surface area contributed by atoms with Crippen LogP contribution in [0.25, 0.3) is 0 Å². The highest BCUT2D eigenvalue weighted by molar-refractivity contribution is 5.49. The van der Waals surface area contributed by atoms with E-state index in [2.05, 4.69) is 11.8 Å². The summed E-state index contributed by atoms with van der Waals surface area (Å²) in [5.74, 6) is 7.46. The molecular formula is C12H15NO2. The maximum atomic E-state index is 5.36. The summed E-state index contributed by atoms with van der Waals surface area (Å²) < 4.78 is 10.3. The predicted molar refractivity (Wildman–Crippen MR) is 60.1 cm³/mol. The van der Waals surface area contributed by atoms with E-state index < -0.39 is 0 Å². The fourth-order valence-electron chi connectivity index (χ4n) is 1.13. The Bertz CT molecular complexity index is 377. The van der Waals surface area contributed by atoms with Gasteiger partial charge in [0.2, 0.25) is 0 Å². The number of methoxy groups -OCH3 is 2. The zero-order valence-electron chi connectivity index (χ0n) is 9.04. The van der Waals surface area contributed by atoms with Gasteiger partial charge in [-0.05, 0) is 12.1 Å². The van der Waals surface area contributed by atoms with Crippen LogP contribution < -0.4 is 15.2 Å². The first-order chi connectivity index (χ1) is 7.31. The minimum Gasteiger partial charge on any atom is -0.497 e. The molecule has 0 atom stereocenters. The van der Waals surface area contributed by atoms with Crippen LogP contribution in [0.5, 0.6) is 11.5 Å². The highest BCUT2D eigenvalue weighted by atomic mass is 16.5. The summed E-state index contributed by atoms with van der Waals surface area (Å²) in [7, 11) is 3.23. The average molecular weight is 205 g/mol. The Balaban J connectivity index is 2.93. The molecule has 0 spiro atoms. The van der Waals surface area contributed by atoms with Crippen LogP contribution in [0.15, 0.2) is 18.2 Å². The molecule has 3 nitrogen and oxygen atoms in total. The SMILES string of the molecule is COc1ccc(C#CCCN)c(OC)c1. The molecule has 0 amide bonds. The van der Waals surface area contributed by atoms with Crippen LogP contribution in [0.2, 0.25) is 0 Å². The van der Waals surface area contributed by atoms with Crippen molar-refractivity contribution in [3.63, 3.8) is 0 Å². The zero-order valence-corrected chi connectivity index (χ0v) is 9.04. The van der Waals surface area contributed by atoms with Crippen LogP contribution in [-0.4, -0.2) is 20.8 Å². The number of hydrogen-bond donors (Lipinski definition) is 1. The molecule has 0 bridgehead atoms. The molecule has 0 heterocycles. The summed E-state index contributed by atoms with van der Waals surface area (Å²) in [6.07, 6.45) is 0.690. The molecule has 3 heteroatoms. The third-order valence-electron chi connectivity index (χ3n) is 1.90. The molecule has 0 saturated heterocycles. The molecular weight excluding hydrogens is 190 g/mol. The number of hydrogen-bond acceptors (Lipinski definition) is 3. The minimum absolute atomic E-state index is 0.575. The van der Waals surface area contributed by atoms with E-state index >= 15 is 0 Å². The zero-order chi connectivity index (χ0) is 11.1. The van der Waals surface area contributed by atoms with Crippen molar-refractivity contribution in [2.45, 2.75) is 6.42 Å². The van der Waals surface area contributed by atoms with Crippen molar-refractivity contribution in [1.29, 1.82) is 0 Å². The van der Waals surface area contributed by atoms with Gasteiger partial charge in [0.1, 0.15) is 11.5 Å². The molecule has 0 aliphatic rings. The Morgan fingerprint density at radius 3 is 2.67 bits per heavy atom. The van der Waals surface area contributed by atoms with E-state index in [1.807, 2.05) is 18.2 Å². The van der Waals surface area contributed by atoms with Crippen molar-refractivity contribution >= 4 is 0 Å². The van der Waals surface area contributed by atoms with Gasteiger partial charge in [0.15, 0.2) is 0 Å². The summed E-state index contributed by atoms with van der Waals surface area (Å²) in [6, 6.07) is 5.54. The van der Waals surface area contributed by atoms with Gasteiger partial charge in [-0.3, -0.25) is 0 Å². The van der Waals surface area contributed by atoms with Crippen molar-refractivity contribution in [1.82, 2.24) is 0 Å². The number of ether oxygens (including phenoxy) is 2. The molecule has 1 aromatic rings. The van der Waals surface area contributed by atoms with Gasteiger partial charge in [0, 0.05) is 19.0 Å². The fraction of sp³-hybridized carbons (Fsp3) is 0.333. The lowest BCUT2D eigenvalue weighted by Crippen LogP contribution is -1.95. The topological polar surface area (TPSA) is 44.5 Å². The molecule has 2 N–H and O–H groups in total. The van der Waals surface area contributed by atoms with Crippen LogP contribution in [0, 0.1) is 11.8 Å². The average Bonchev–Trinajstić information content (AvgIpc) is 2.29. The normalized spacial score (nSPS) is 9.00. The second kappa shape index (κ2) is 5.94. The van der Waals surface area contributed by atoms with Crippen LogP contribution >= 0.6 is 0 Å². The molecule has 0 aliphatic carbocycles. The van der Waals surface area contributed by atoms with Gasteiger partial charge < -0.3 is 15.2 Å². The number of benzene rings is 1.